The van der Waals surface area contributed by atoms with E-state index in [0.29, 0.717) is 19.7 Å². The monoisotopic (exact) mass is 518 g/mol. The van der Waals surface area contributed by atoms with Crippen molar-refractivity contribution in [3.05, 3.63) is 89.7 Å². The molecule has 0 aliphatic carbocycles. The number of nitrogens with zero attached hydrogens (tertiary/aromatic N) is 2. The van der Waals surface area contributed by atoms with Crippen molar-refractivity contribution in [2.45, 2.75) is 19.7 Å². The normalized spacial score (nSPS) is 10.7. The largest absolute Gasteiger partial charge is 0.497 e. The highest BCUT2D eigenvalue weighted by Crippen LogP contribution is 2.14. The van der Waals surface area contributed by atoms with E-state index in [1.165, 1.54) is 0 Å². The number of aromatic nitrogens is 1. The lowest BCUT2D eigenvalue weighted by Crippen LogP contribution is -2.36. The Morgan fingerprint density at radius 1 is 0.867 bits per heavy atom. The van der Waals surface area contributed by atoms with Crippen LogP contribution in [0.2, 0.25) is 0 Å². The first-order chi connectivity index (χ1) is 14.3. The van der Waals surface area contributed by atoms with Gasteiger partial charge in [0.1, 0.15) is 18.1 Å². The first kappa shape index (κ1) is 23.5. The Hall–Kier alpha value is -2.81. The molecule has 0 aliphatic heterocycles. The molecule has 158 valence electrons. The molecule has 0 aliphatic rings. The Balaban J connectivity index is 0.00000320. The zero-order valence-electron chi connectivity index (χ0n) is 17.2. The second kappa shape index (κ2) is 12.7. The first-order valence-corrected chi connectivity index (χ1v) is 9.46. The van der Waals surface area contributed by atoms with Crippen molar-refractivity contribution < 1.29 is 9.47 Å². The fraction of sp³-hybridized carbons (Fsp3) is 0.217. The summed E-state index contributed by atoms with van der Waals surface area (Å²) in [5.74, 6) is 2.42. The van der Waals surface area contributed by atoms with E-state index >= 15 is 0 Å². The van der Waals surface area contributed by atoms with Gasteiger partial charge in [-0.1, -0.05) is 30.3 Å². The van der Waals surface area contributed by atoms with Crippen LogP contribution in [0, 0.1) is 0 Å². The van der Waals surface area contributed by atoms with E-state index in [0.717, 1.165) is 34.3 Å². The third-order valence-electron chi connectivity index (χ3n) is 4.34. The van der Waals surface area contributed by atoms with Gasteiger partial charge in [0, 0.05) is 26.3 Å². The van der Waals surface area contributed by atoms with Crippen molar-refractivity contribution in [3.8, 4) is 11.5 Å². The van der Waals surface area contributed by atoms with E-state index < -0.39 is 0 Å². The second-order valence-electron chi connectivity index (χ2n) is 6.38. The highest BCUT2D eigenvalue weighted by atomic mass is 127. The van der Waals surface area contributed by atoms with E-state index in [1.807, 2.05) is 66.7 Å². The highest BCUT2D eigenvalue weighted by Gasteiger charge is 2.01. The third-order valence-corrected chi connectivity index (χ3v) is 4.34. The number of methoxy groups -OCH3 is 1. The lowest BCUT2D eigenvalue weighted by Gasteiger charge is -2.13. The summed E-state index contributed by atoms with van der Waals surface area (Å²) in [4.78, 5) is 8.53. The van der Waals surface area contributed by atoms with Crippen molar-refractivity contribution >= 4 is 29.9 Å². The molecule has 3 rings (SSSR count). The summed E-state index contributed by atoms with van der Waals surface area (Å²) in [5.41, 5.74) is 3.20. The van der Waals surface area contributed by atoms with Crippen molar-refractivity contribution in [1.82, 2.24) is 15.6 Å². The number of rotatable bonds is 8. The van der Waals surface area contributed by atoms with Crippen LogP contribution in [0.25, 0.3) is 0 Å². The van der Waals surface area contributed by atoms with E-state index in [2.05, 4.69) is 20.6 Å². The van der Waals surface area contributed by atoms with Gasteiger partial charge in [-0.15, -0.1) is 24.0 Å². The number of pyridine rings is 1. The minimum absolute atomic E-state index is 0. The molecule has 0 unspecified atom stereocenters. The van der Waals surface area contributed by atoms with Gasteiger partial charge < -0.3 is 20.1 Å². The van der Waals surface area contributed by atoms with Gasteiger partial charge in [0.2, 0.25) is 0 Å². The van der Waals surface area contributed by atoms with Gasteiger partial charge in [-0.2, -0.15) is 0 Å². The van der Waals surface area contributed by atoms with Crippen LogP contribution in [0.1, 0.15) is 16.8 Å². The topological polar surface area (TPSA) is 67.8 Å². The summed E-state index contributed by atoms with van der Waals surface area (Å²) in [6.45, 7) is 1.81. The van der Waals surface area contributed by atoms with Crippen molar-refractivity contribution in [2.24, 2.45) is 4.99 Å². The molecule has 0 fully saturated rings. The van der Waals surface area contributed by atoms with Gasteiger partial charge in [0.05, 0.1) is 12.8 Å². The fourth-order valence-corrected chi connectivity index (χ4v) is 2.68. The molecule has 1 heterocycles. The predicted octanol–water partition coefficient (Wildman–Crippen LogP) is 4.15. The second-order valence-corrected chi connectivity index (χ2v) is 6.38. The fourth-order valence-electron chi connectivity index (χ4n) is 2.68. The molecule has 2 N–H and O–H groups in total. The Morgan fingerprint density at radius 2 is 1.47 bits per heavy atom. The number of ether oxygens (including phenoxy) is 2. The number of hydrogen-bond acceptors (Lipinski definition) is 4. The molecule has 0 atom stereocenters. The number of nitrogens with one attached hydrogen (secondary N) is 2. The zero-order chi connectivity index (χ0) is 20.3. The zero-order valence-corrected chi connectivity index (χ0v) is 19.5. The standard InChI is InChI=1S/C23H26N4O2.HI/c1-24-23(26-15-18-6-10-21(28-2)11-7-18)27-16-19-8-12-22(13-9-19)29-17-20-5-3-4-14-25-20;/h3-14H,15-17H2,1-2H3,(H2,24,26,27);1H. The van der Waals surface area contributed by atoms with Crippen molar-refractivity contribution in [2.75, 3.05) is 14.2 Å². The van der Waals surface area contributed by atoms with Crippen LogP contribution < -0.4 is 20.1 Å². The minimum Gasteiger partial charge on any atom is -0.497 e. The maximum absolute atomic E-state index is 5.77. The lowest BCUT2D eigenvalue weighted by atomic mass is 10.2. The van der Waals surface area contributed by atoms with Crippen molar-refractivity contribution in [3.63, 3.8) is 0 Å². The Labute approximate surface area is 194 Å². The van der Waals surface area contributed by atoms with Gasteiger partial charge in [0.25, 0.3) is 0 Å². The molecule has 2 aromatic carbocycles. The van der Waals surface area contributed by atoms with Gasteiger partial charge in [-0.3, -0.25) is 9.98 Å². The molecule has 0 spiro atoms. The molecule has 1 aromatic heterocycles. The molecule has 0 amide bonds. The number of halogens is 1. The lowest BCUT2D eigenvalue weighted by molar-refractivity contribution is 0.301. The van der Waals surface area contributed by atoms with Gasteiger partial charge in [-0.05, 0) is 47.5 Å². The summed E-state index contributed by atoms with van der Waals surface area (Å²) in [5, 5.41) is 6.63. The SMILES string of the molecule is CN=C(NCc1ccc(OC)cc1)NCc1ccc(OCc2ccccn2)cc1.I. The van der Waals surface area contributed by atoms with Crippen LogP contribution in [0.3, 0.4) is 0 Å². The highest BCUT2D eigenvalue weighted by molar-refractivity contribution is 14.0. The maximum Gasteiger partial charge on any atom is 0.191 e. The van der Waals surface area contributed by atoms with Crippen LogP contribution in [0.15, 0.2) is 77.9 Å². The molecular weight excluding hydrogens is 491 g/mol. The number of aliphatic imine (C=N–C) groups is 1. The Bertz CT molecular complexity index is 901. The van der Waals surface area contributed by atoms with Crippen LogP contribution in [-0.2, 0) is 19.7 Å². The summed E-state index contributed by atoms with van der Waals surface area (Å²) >= 11 is 0. The summed E-state index contributed by atoms with van der Waals surface area (Å²) in [7, 11) is 3.43. The molecule has 7 heteroatoms. The van der Waals surface area contributed by atoms with E-state index in [9.17, 15) is 0 Å². The molecule has 0 radical (unpaired) electrons. The number of benzene rings is 2. The van der Waals surface area contributed by atoms with Crippen LogP contribution in [-0.4, -0.2) is 25.1 Å². The molecule has 3 aromatic rings. The quantitative estimate of drug-likeness (QED) is 0.267. The van der Waals surface area contributed by atoms with Gasteiger partial charge >= 0.3 is 0 Å². The number of hydrogen-bond donors (Lipinski definition) is 2. The minimum atomic E-state index is 0. The van der Waals surface area contributed by atoms with Crippen LogP contribution >= 0.6 is 24.0 Å². The molecule has 0 saturated carbocycles. The van der Waals surface area contributed by atoms with Crippen LogP contribution in [0.4, 0.5) is 0 Å². The Morgan fingerprint density at radius 3 is 1.97 bits per heavy atom. The summed E-state index contributed by atoms with van der Waals surface area (Å²) in [6.07, 6.45) is 1.77. The van der Waals surface area contributed by atoms with Gasteiger partial charge in [0.15, 0.2) is 5.96 Å². The average Bonchev–Trinajstić information content (AvgIpc) is 2.79. The summed E-state index contributed by atoms with van der Waals surface area (Å²) < 4.78 is 11.0. The van der Waals surface area contributed by atoms with Gasteiger partial charge in [-0.25, -0.2) is 0 Å². The van der Waals surface area contributed by atoms with E-state index in [-0.39, 0.29) is 24.0 Å². The van der Waals surface area contributed by atoms with E-state index in [4.69, 9.17) is 9.47 Å². The molecule has 0 bridgehead atoms. The molecule has 30 heavy (non-hydrogen) atoms. The Kier molecular flexibility index (Phi) is 9.93. The summed E-state index contributed by atoms with van der Waals surface area (Å²) in [6, 6.07) is 21.8. The third kappa shape index (κ3) is 7.55. The van der Waals surface area contributed by atoms with Crippen LogP contribution in [0.5, 0.6) is 11.5 Å². The molecular formula is C23H27IN4O2. The predicted molar refractivity (Wildman–Crippen MR) is 130 cm³/mol. The van der Waals surface area contributed by atoms with Crippen molar-refractivity contribution in [1.29, 1.82) is 0 Å². The maximum atomic E-state index is 5.77. The smallest absolute Gasteiger partial charge is 0.191 e. The molecule has 6 nitrogen and oxygen atoms in total. The molecule has 0 saturated heterocycles. The average molecular weight is 518 g/mol. The first-order valence-electron chi connectivity index (χ1n) is 9.46. The number of guanidine groups is 1. The van der Waals surface area contributed by atoms with E-state index in [1.54, 1.807) is 20.4 Å².